The van der Waals surface area contributed by atoms with Crippen molar-refractivity contribution in [1.29, 1.82) is 0 Å². The second kappa shape index (κ2) is 3.65. The Bertz CT molecular complexity index is 480. The number of anilines is 1. The van der Waals surface area contributed by atoms with Crippen molar-refractivity contribution in [3.8, 4) is 11.3 Å². The molecule has 0 amide bonds. The van der Waals surface area contributed by atoms with Gasteiger partial charge in [-0.15, -0.1) is 0 Å². The van der Waals surface area contributed by atoms with Gasteiger partial charge < -0.3 is 5.73 Å². The largest absolute Gasteiger partial charge is 0.397 e. The molecule has 0 aliphatic rings. The van der Waals surface area contributed by atoms with Gasteiger partial charge in [-0.05, 0) is 30.3 Å². The summed E-state index contributed by atoms with van der Waals surface area (Å²) in [7, 11) is 0. The molecule has 0 saturated heterocycles. The van der Waals surface area contributed by atoms with E-state index in [9.17, 15) is 8.78 Å². The van der Waals surface area contributed by atoms with Crippen molar-refractivity contribution < 1.29 is 8.78 Å². The first-order chi connectivity index (χ1) is 7.16. The van der Waals surface area contributed by atoms with Gasteiger partial charge in [0.2, 0.25) is 0 Å². The van der Waals surface area contributed by atoms with E-state index in [4.69, 9.17) is 5.73 Å². The Morgan fingerprint density at radius 1 is 1.07 bits per heavy atom. The number of aromatic nitrogens is 1. The molecule has 1 heterocycles. The summed E-state index contributed by atoms with van der Waals surface area (Å²) in [5.41, 5.74) is 6.42. The molecule has 0 radical (unpaired) electrons. The first-order valence-corrected chi connectivity index (χ1v) is 4.34. The van der Waals surface area contributed by atoms with Gasteiger partial charge in [0.15, 0.2) is 0 Å². The van der Waals surface area contributed by atoms with Crippen LogP contribution in [-0.4, -0.2) is 4.98 Å². The molecule has 0 saturated carbocycles. The molecule has 1 aromatic heterocycles. The van der Waals surface area contributed by atoms with Gasteiger partial charge in [0.05, 0.1) is 17.6 Å². The predicted molar refractivity (Wildman–Crippen MR) is 54.0 cm³/mol. The van der Waals surface area contributed by atoms with Gasteiger partial charge in [0.25, 0.3) is 0 Å². The van der Waals surface area contributed by atoms with E-state index >= 15 is 0 Å². The van der Waals surface area contributed by atoms with Crippen molar-refractivity contribution in [2.75, 3.05) is 5.73 Å². The van der Waals surface area contributed by atoms with Crippen LogP contribution < -0.4 is 5.73 Å². The van der Waals surface area contributed by atoms with Crippen LogP contribution in [-0.2, 0) is 0 Å². The average molecular weight is 206 g/mol. The van der Waals surface area contributed by atoms with E-state index in [1.54, 1.807) is 12.1 Å². The Morgan fingerprint density at radius 2 is 1.87 bits per heavy atom. The molecule has 0 unspecified atom stereocenters. The van der Waals surface area contributed by atoms with Gasteiger partial charge >= 0.3 is 0 Å². The zero-order valence-electron chi connectivity index (χ0n) is 7.74. The molecule has 1 aromatic carbocycles. The number of benzene rings is 1. The number of nitrogen functional groups attached to an aromatic ring is 1. The van der Waals surface area contributed by atoms with Crippen LogP contribution in [0.2, 0.25) is 0 Å². The molecule has 2 nitrogen and oxygen atoms in total. The monoisotopic (exact) mass is 206 g/mol. The summed E-state index contributed by atoms with van der Waals surface area (Å²) in [5.74, 6) is -1.00. The van der Waals surface area contributed by atoms with Crippen LogP contribution >= 0.6 is 0 Å². The molecule has 0 bridgehead atoms. The second-order valence-electron chi connectivity index (χ2n) is 3.10. The van der Waals surface area contributed by atoms with Crippen LogP contribution in [0.3, 0.4) is 0 Å². The maximum Gasteiger partial charge on any atom is 0.132 e. The standard InChI is InChI=1S/C11H8F2N2/c12-7-1-3-10(13)9(5-7)11-4-2-8(14)6-15-11/h1-6H,14H2. The van der Waals surface area contributed by atoms with Gasteiger partial charge in [-0.2, -0.15) is 0 Å². The lowest BCUT2D eigenvalue weighted by Crippen LogP contribution is -1.91. The molecule has 2 aromatic rings. The van der Waals surface area contributed by atoms with Crippen LogP contribution in [0.4, 0.5) is 14.5 Å². The minimum absolute atomic E-state index is 0.134. The zero-order valence-corrected chi connectivity index (χ0v) is 7.74. The van der Waals surface area contributed by atoms with Crippen LogP contribution in [0.5, 0.6) is 0 Å². The Balaban J connectivity index is 2.53. The fourth-order valence-electron chi connectivity index (χ4n) is 1.26. The third kappa shape index (κ3) is 1.93. The molecular weight excluding hydrogens is 198 g/mol. The van der Waals surface area contributed by atoms with Gasteiger partial charge in [-0.3, -0.25) is 4.98 Å². The number of hydrogen-bond donors (Lipinski definition) is 1. The average Bonchev–Trinajstić information content (AvgIpc) is 2.23. The van der Waals surface area contributed by atoms with Crippen LogP contribution in [0, 0.1) is 11.6 Å². The second-order valence-corrected chi connectivity index (χ2v) is 3.10. The highest BCUT2D eigenvalue weighted by molar-refractivity contribution is 5.61. The number of nitrogens with two attached hydrogens (primary N) is 1. The van der Waals surface area contributed by atoms with Crippen molar-refractivity contribution in [1.82, 2.24) is 4.98 Å². The Labute approximate surface area is 85.4 Å². The van der Waals surface area contributed by atoms with E-state index in [1.165, 1.54) is 6.20 Å². The molecule has 0 aliphatic heterocycles. The number of nitrogens with zero attached hydrogens (tertiary/aromatic N) is 1. The predicted octanol–water partition coefficient (Wildman–Crippen LogP) is 2.61. The third-order valence-corrected chi connectivity index (χ3v) is 1.99. The summed E-state index contributed by atoms with van der Waals surface area (Å²) in [4.78, 5) is 3.92. The van der Waals surface area contributed by atoms with Crippen molar-refractivity contribution in [2.45, 2.75) is 0 Å². The van der Waals surface area contributed by atoms with Gasteiger partial charge in [0, 0.05) is 5.56 Å². The minimum atomic E-state index is -0.506. The SMILES string of the molecule is Nc1ccc(-c2cc(F)ccc2F)nc1. The van der Waals surface area contributed by atoms with E-state index in [0.717, 1.165) is 18.2 Å². The smallest absolute Gasteiger partial charge is 0.132 e. The van der Waals surface area contributed by atoms with Gasteiger partial charge in [-0.1, -0.05) is 0 Å². The Hall–Kier alpha value is -1.97. The lowest BCUT2D eigenvalue weighted by Gasteiger charge is -2.02. The zero-order chi connectivity index (χ0) is 10.8. The molecule has 0 atom stereocenters. The van der Waals surface area contributed by atoms with Crippen molar-refractivity contribution in [3.05, 3.63) is 48.2 Å². The maximum atomic E-state index is 13.3. The summed E-state index contributed by atoms with van der Waals surface area (Å²) >= 11 is 0. The molecule has 0 spiro atoms. The van der Waals surface area contributed by atoms with E-state index in [0.29, 0.717) is 11.4 Å². The van der Waals surface area contributed by atoms with Crippen LogP contribution in [0.1, 0.15) is 0 Å². The highest BCUT2D eigenvalue weighted by Gasteiger charge is 2.07. The number of pyridine rings is 1. The first kappa shape index (κ1) is 9.58. The summed E-state index contributed by atoms with van der Waals surface area (Å²) in [6.07, 6.45) is 1.40. The molecular formula is C11H8F2N2. The molecule has 2 rings (SSSR count). The van der Waals surface area contributed by atoms with E-state index in [2.05, 4.69) is 4.98 Å². The number of hydrogen-bond acceptors (Lipinski definition) is 2. The summed E-state index contributed by atoms with van der Waals surface area (Å²) < 4.78 is 26.2. The summed E-state index contributed by atoms with van der Waals surface area (Å²) in [5, 5.41) is 0. The van der Waals surface area contributed by atoms with Crippen molar-refractivity contribution in [3.63, 3.8) is 0 Å². The summed E-state index contributed by atoms with van der Waals surface area (Å²) in [6, 6.07) is 6.38. The molecule has 2 N–H and O–H groups in total. The first-order valence-electron chi connectivity index (χ1n) is 4.34. The lowest BCUT2D eigenvalue weighted by atomic mass is 10.1. The molecule has 0 fully saturated rings. The lowest BCUT2D eigenvalue weighted by molar-refractivity contribution is 0.602. The van der Waals surface area contributed by atoms with Gasteiger partial charge in [0.1, 0.15) is 11.6 Å². The highest BCUT2D eigenvalue weighted by atomic mass is 19.1. The maximum absolute atomic E-state index is 13.3. The number of halogens is 2. The highest BCUT2D eigenvalue weighted by Crippen LogP contribution is 2.22. The fraction of sp³-hybridized carbons (Fsp3) is 0. The van der Waals surface area contributed by atoms with Crippen LogP contribution in [0.15, 0.2) is 36.5 Å². The molecule has 15 heavy (non-hydrogen) atoms. The Morgan fingerprint density at radius 3 is 2.53 bits per heavy atom. The Kier molecular flexibility index (Phi) is 2.33. The van der Waals surface area contributed by atoms with Gasteiger partial charge in [-0.25, -0.2) is 8.78 Å². The third-order valence-electron chi connectivity index (χ3n) is 1.99. The fourth-order valence-corrected chi connectivity index (χ4v) is 1.26. The molecule has 76 valence electrons. The topological polar surface area (TPSA) is 38.9 Å². The van der Waals surface area contributed by atoms with Crippen molar-refractivity contribution in [2.24, 2.45) is 0 Å². The van der Waals surface area contributed by atoms with E-state index < -0.39 is 11.6 Å². The van der Waals surface area contributed by atoms with Crippen LogP contribution in [0.25, 0.3) is 11.3 Å². The van der Waals surface area contributed by atoms with E-state index in [1.807, 2.05) is 0 Å². The molecule has 4 heteroatoms. The quantitative estimate of drug-likeness (QED) is 0.778. The minimum Gasteiger partial charge on any atom is -0.397 e. The van der Waals surface area contributed by atoms with E-state index in [-0.39, 0.29) is 5.56 Å². The van der Waals surface area contributed by atoms with Crippen molar-refractivity contribution >= 4 is 5.69 Å². The molecule has 0 aliphatic carbocycles. The normalized spacial score (nSPS) is 10.3. The number of rotatable bonds is 1. The summed E-state index contributed by atoms with van der Waals surface area (Å²) in [6.45, 7) is 0.